The molecule has 1 saturated carbocycles. The summed E-state index contributed by atoms with van der Waals surface area (Å²) in [5.41, 5.74) is 0. The monoisotopic (exact) mass is 154 g/mol. The van der Waals surface area contributed by atoms with E-state index in [1.807, 2.05) is 6.92 Å². The van der Waals surface area contributed by atoms with Gasteiger partial charge in [-0.2, -0.15) is 0 Å². The molecule has 1 aliphatic rings. The highest BCUT2D eigenvalue weighted by atomic mass is 16.6. The topological polar surface area (TPSA) is 21.6 Å². The molecule has 0 amide bonds. The maximum atomic E-state index is 4.85. The Hall–Kier alpha value is -0.530. The van der Waals surface area contributed by atoms with E-state index in [0.29, 0.717) is 12.5 Å². The Morgan fingerprint density at radius 3 is 2.73 bits per heavy atom. The molecule has 0 N–H and O–H groups in total. The van der Waals surface area contributed by atoms with E-state index >= 15 is 0 Å². The van der Waals surface area contributed by atoms with Crippen LogP contribution in [-0.2, 0) is 4.84 Å². The molecule has 0 bridgehead atoms. The van der Waals surface area contributed by atoms with Gasteiger partial charge in [0, 0.05) is 5.92 Å². The predicted molar refractivity (Wildman–Crippen MR) is 45.6 cm³/mol. The van der Waals surface area contributed by atoms with Crippen molar-refractivity contribution >= 4 is 6.21 Å². The van der Waals surface area contributed by atoms with E-state index < -0.39 is 0 Å². The van der Waals surface area contributed by atoms with Crippen molar-refractivity contribution in [3.63, 3.8) is 0 Å². The van der Waals surface area contributed by atoms with Crippen molar-refractivity contribution in [2.75, 3.05) is 6.61 Å². The second-order valence-corrected chi connectivity index (χ2v) is 2.97. The summed E-state index contributed by atoms with van der Waals surface area (Å²) in [6, 6.07) is 0. The first kappa shape index (κ1) is 8.57. The van der Waals surface area contributed by atoms with Crippen LogP contribution in [0.15, 0.2) is 5.16 Å². The van der Waals surface area contributed by atoms with E-state index in [9.17, 15) is 0 Å². The lowest BCUT2D eigenvalue weighted by molar-refractivity contribution is 0.158. The summed E-state index contributed by atoms with van der Waals surface area (Å²) >= 11 is 0. The van der Waals surface area contributed by atoms with Gasteiger partial charge >= 0.3 is 0 Å². The molecule has 63 valence electrons. The Kier molecular flexibility index (Phi) is 4.02. The van der Waals surface area contributed by atoms with E-state index in [2.05, 4.69) is 11.4 Å². The average molecular weight is 154 g/mol. The summed E-state index contributed by atoms with van der Waals surface area (Å²) in [4.78, 5) is 4.85. The maximum absolute atomic E-state index is 4.85. The van der Waals surface area contributed by atoms with Gasteiger partial charge in [0.05, 0.1) is 0 Å². The SMILES string of the molecule is CCO/N=[C]/C1CCCCC1. The molecule has 1 rings (SSSR count). The Labute approximate surface area is 68.6 Å². The lowest BCUT2D eigenvalue weighted by Gasteiger charge is -2.15. The lowest BCUT2D eigenvalue weighted by atomic mass is 9.90. The molecule has 1 aliphatic carbocycles. The van der Waals surface area contributed by atoms with Gasteiger partial charge in [0.2, 0.25) is 0 Å². The molecule has 0 spiro atoms. The van der Waals surface area contributed by atoms with Gasteiger partial charge in [0.15, 0.2) is 0 Å². The van der Waals surface area contributed by atoms with Crippen LogP contribution in [0.5, 0.6) is 0 Å². The molecule has 11 heavy (non-hydrogen) atoms. The first-order valence-electron chi connectivity index (χ1n) is 4.51. The molecule has 0 atom stereocenters. The molecule has 0 aromatic carbocycles. The summed E-state index contributed by atoms with van der Waals surface area (Å²) in [6.07, 6.45) is 9.57. The van der Waals surface area contributed by atoms with Crippen molar-refractivity contribution < 1.29 is 4.84 Å². The fraction of sp³-hybridized carbons (Fsp3) is 0.889. The zero-order valence-corrected chi connectivity index (χ0v) is 7.18. The molecule has 0 heterocycles. The van der Waals surface area contributed by atoms with Crippen LogP contribution in [-0.4, -0.2) is 12.8 Å². The molecule has 2 heteroatoms. The second-order valence-electron chi connectivity index (χ2n) is 2.97. The van der Waals surface area contributed by atoms with Gasteiger partial charge in [-0.1, -0.05) is 24.4 Å². The Balaban J connectivity index is 2.13. The minimum absolute atomic E-state index is 0.565. The standard InChI is InChI=1S/C9H16NO/c1-2-11-10-8-9-6-4-3-5-7-9/h9H,2-7H2,1H3. The van der Waals surface area contributed by atoms with Crippen molar-refractivity contribution in [1.82, 2.24) is 0 Å². The third kappa shape index (κ3) is 3.40. The number of nitrogens with zero attached hydrogens (tertiary/aromatic N) is 1. The largest absolute Gasteiger partial charge is 0.396 e. The molecule has 2 nitrogen and oxygen atoms in total. The Morgan fingerprint density at radius 1 is 1.36 bits per heavy atom. The lowest BCUT2D eigenvalue weighted by Crippen LogP contribution is -2.07. The molecule has 0 unspecified atom stereocenters. The van der Waals surface area contributed by atoms with Gasteiger partial charge in [0.25, 0.3) is 0 Å². The number of hydrogen-bond acceptors (Lipinski definition) is 2. The minimum atomic E-state index is 0.565. The first-order valence-corrected chi connectivity index (χ1v) is 4.51. The Bertz CT molecular complexity index is 117. The quantitative estimate of drug-likeness (QED) is 0.452. The van der Waals surface area contributed by atoms with E-state index in [-0.39, 0.29) is 0 Å². The molecule has 1 fully saturated rings. The van der Waals surface area contributed by atoms with Crippen molar-refractivity contribution in [2.24, 2.45) is 11.1 Å². The van der Waals surface area contributed by atoms with Crippen LogP contribution in [0.1, 0.15) is 39.0 Å². The van der Waals surface area contributed by atoms with Crippen LogP contribution in [0.4, 0.5) is 0 Å². The maximum Gasteiger partial charge on any atom is 0.114 e. The third-order valence-corrected chi connectivity index (χ3v) is 2.03. The van der Waals surface area contributed by atoms with E-state index in [1.165, 1.54) is 32.1 Å². The molecule has 1 radical (unpaired) electrons. The molecule has 0 aromatic heterocycles. The molecule has 0 aromatic rings. The fourth-order valence-corrected chi connectivity index (χ4v) is 1.41. The highest BCUT2D eigenvalue weighted by molar-refractivity contribution is 5.59. The smallest absolute Gasteiger partial charge is 0.114 e. The van der Waals surface area contributed by atoms with Crippen molar-refractivity contribution in [1.29, 1.82) is 0 Å². The molecule has 0 saturated heterocycles. The third-order valence-electron chi connectivity index (χ3n) is 2.03. The fourth-order valence-electron chi connectivity index (χ4n) is 1.41. The van der Waals surface area contributed by atoms with Crippen LogP contribution >= 0.6 is 0 Å². The zero-order chi connectivity index (χ0) is 7.94. The summed E-state index contributed by atoms with van der Waals surface area (Å²) in [5, 5.41) is 3.76. The highest BCUT2D eigenvalue weighted by Gasteiger charge is 2.11. The molecule has 0 aliphatic heterocycles. The van der Waals surface area contributed by atoms with Gasteiger partial charge in [-0.15, -0.1) is 0 Å². The van der Waals surface area contributed by atoms with Gasteiger partial charge in [-0.3, -0.25) is 0 Å². The number of hydrogen-bond donors (Lipinski definition) is 0. The van der Waals surface area contributed by atoms with Crippen LogP contribution < -0.4 is 0 Å². The van der Waals surface area contributed by atoms with Crippen LogP contribution in [0.2, 0.25) is 0 Å². The zero-order valence-electron chi connectivity index (χ0n) is 7.18. The predicted octanol–water partition coefficient (Wildman–Crippen LogP) is 2.47. The average Bonchev–Trinajstić information content (AvgIpc) is 2.07. The normalized spacial score (nSPS) is 20.8. The minimum Gasteiger partial charge on any atom is -0.396 e. The Morgan fingerprint density at radius 2 is 2.09 bits per heavy atom. The van der Waals surface area contributed by atoms with Gasteiger partial charge < -0.3 is 4.84 Å². The van der Waals surface area contributed by atoms with Crippen LogP contribution in [0.3, 0.4) is 0 Å². The van der Waals surface area contributed by atoms with Crippen LogP contribution in [0, 0.1) is 5.92 Å². The van der Waals surface area contributed by atoms with Crippen molar-refractivity contribution in [3.05, 3.63) is 0 Å². The van der Waals surface area contributed by atoms with Gasteiger partial charge in [-0.05, 0) is 19.8 Å². The number of rotatable bonds is 3. The van der Waals surface area contributed by atoms with Crippen molar-refractivity contribution in [3.8, 4) is 0 Å². The van der Waals surface area contributed by atoms with E-state index in [1.54, 1.807) is 0 Å². The van der Waals surface area contributed by atoms with E-state index in [4.69, 9.17) is 4.84 Å². The summed E-state index contributed by atoms with van der Waals surface area (Å²) < 4.78 is 0. The van der Waals surface area contributed by atoms with Crippen LogP contribution in [0.25, 0.3) is 0 Å². The summed E-state index contributed by atoms with van der Waals surface area (Å²) in [7, 11) is 0. The van der Waals surface area contributed by atoms with E-state index in [0.717, 1.165) is 0 Å². The highest BCUT2D eigenvalue weighted by Crippen LogP contribution is 2.21. The molecular weight excluding hydrogens is 138 g/mol. The van der Waals surface area contributed by atoms with Gasteiger partial charge in [0.1, 0.15) is 12.8 Å². The summed E-state index contributed by atoms with van der Waals surface area (Å²) in [6.45, 7) is 2.59. The second kappa shape index (κ2) is 5.16. The molecular formula is C9H16NO. The van der Waals surface area contributed by atoms with Crippen molar-refractivity contribution in [2.45, 2.75) is 39.0 Å². The first-order chi connectivity index (χ1) is 5.43. The summed E-state index contributed by atoms with van der Waals surface area (Å²) in [5.74, 6) is 0.565. The van der Waals surface area contributed by atoms with Gasteiger partial charge in [-0.25, -0.2) is 0 Å².